The molecule has 1 aromatic rings. The first-order chi connectivity index (χ1) is 10.7. The average molecular weight is 345 g/mol. The van der Waals surface area contributed by atoms with E-state index in [0.29, 0.717) is 25.2 Å². The zero-order valence-corrected chi connectivity index (χ0v) is 14.5. The van der Waals surface area contributed by atoms with Crippen molar-refractivity contribution in [1.29, 1.82) is 0 Å². The van der Waals surface area contributed by atoms with Crippen LogP contribution < -0.4 is 10.1 Å². The number of methoxy groups -OCH3 is 1. The standard InChI is InChI=1S/C16H22ClFN2O3/c1-16(2,3)23-15(21)20-6-5-19-13(9-20)11-7-10(17)8-12(18)14(11)22-4/h7-8,13,19H,5-6,9H2,1-4H3. The number of carbonyl (C=O) groups is 1. The van der Waals surface area contributed by atoms with Gasteiger partial charge < -0.3 is 19.7 Å². The van der Waals surface area contributed by atoms with E-state index < -0.39 is 11.4 Å². The minimum absolute atomic E-state index is 0.137. The van der Waals surface area contributed by atoms with Crippen LogP contribution in [0.1, 0.15) is 32.4 Å². The fourth-order valence-electron chi connectivity index (χ4n) is 2.51. The maximum Gasteiger partial charge on any atom is 0.410 e. The number of ether oxygens (including phenoxy) is 2. The van der Waals surface area contributed by atoms with Gasteiger partial charge in [0.15, 0.2) is 11.6 Å². The number of nitrogens with zero attached hydrogens (tertiary/aromatic N) is 1. The molecule has 0 radical (unpaired) electrons. The number of rotatable bonds is 2. The fourth-order valence-corrected chi connectivity index (χ4v) is 2.72. The Morgan fingerprint density at radius 1 is 1.43 bits per heavy atom. The summed E-state index contributed by atoms with van der Waals surface area (Å²) < 4.78 is 24.5. The van der Waals surface area contributed by atoms with Crippen molar-refractivity contribution >= 4 is 17.7 Å². The minimum Gasteiger partial charge on any atom is -0.493 e. The van der Waals surface area contributed by atoms with Crippen LogP contribution in [-0.2, 0) is 4.74 Å². The fraction of sp³-hybridized carbons (Fsp3) is 0.562. The van der Waals surface area contributed by atoms with E-state index in [4.69, 9.17) is 21.1 Å². The molecule has 128 valence electrons. The van der Waals surface area contributed by atoms with Crippen LogP contribution in [0.25, 0.3) is 0 Å². The van der Waals surface area contributed by atoms with Crippen molar-refractivity contribution in [2.24, 2.45) is 0 Å². The van der Waals surface area contributed by atoms with E-state index in [1.54, 1.807) is 11.0 Å². The summed E-state index contributed by atoms with van der Waals surface area (Å²) in [6.45, 7) is 6.91. The zero-order chi connectivity index (χ0) is 17.2. The highest BCUT2D eigenvalue weighted by Crippen LogP contribution is 2.33. The molecule has 2 rings (SSSR count). The molecule has 7 heteroatoms. The number of nitrogens with one attached hydrogen (secondary N) is 1. The van der Waals surface area contributed by atoms with E-state index in [1.165, 1.54) is 13.2 Å². The molecule has 0 bridgehead atoms. The van der Waals surface area contributed by atoms with Crippen LogP contribution in [0.4, 0.5) is 9.18 Å². The second-order valence-electron chi connectivity index (χ2n) is 6.44. The minimum atomic E-state index is -0.558. The van der Waals surface area contributed by atoms with Crippen LogP contribution in [-0.4, -0.2) is 43.3 Å². The van der Waals surface area contributed by atoms with Gasteiger partial charge in [-0.2, -0.15) is 0 Å². The lowest BCUT2D eigenvalue weighted by atomic mass is 10.0. The maximum absolute atomic E-state index is 14.0. The van der Waals surface area contributed by atoms with Crippen molar-refractivity contribution in [3.8, 4) is 5.75 Å². The Labute approximate surface area is 140 Å². The molecule has 1 aliphatic rings. The number of hydrogen-bond acceptors (Lipinski definition) is 4. The van der Waals surface area contributed by atoms with Gasteiger partial charge in [-0.05, 0) is 32.9 Å². The lowest BCUT2D eigenvalue weighted by Crippen LogP contribution is -2.49. The van der Waals surface area contributed by atoms with Crippen LogP contribution in [0, 0.1) is 5.82 Å². The van der Waals surface area contributed by atoms with Gasteiger partial charge in [0.2, 0.25) is 0 Å². The first kappa shape index (κ1) is 17.8. The molecule has 0 aliphatic carbocycles. The molecule has 1 N–H and O–H groups in total. The van der Waals surface area contributed by atoms with Gasteiger partial charge in [-0.1, -0.05) is 11.6 Å². The quantitative estimate of drug-likeness (QED) is 0.893. The first-order valence-electron chi connectivity index (χ1n) is 7.45. The van der Waals surface area contributed by atoms with Gasteiger partial charge in [0.05, 0.1) is 13.2 Å². The molecule has 1 amide bonds. The molecule has 0 aromatic heterocycles. The first-order valence-corrected chi connectivity index (χ1v) is 7.83. The third kappa shape index (κ3) is 4.48. The maximum atomic E-state index is 14.0. The SMILES string of the molecule is COc1c(F)cc(Cl)cc1C1CN(C(=O)OC(C)(C)C)CCN1. The summed E-state index contributed by atoms with van der Waals surface area (Å²) in [4.78, 5) is 13.8. The molecule has 0 saturated carbocycles. The molecule has 23 heavy (non-hydrogen) atoms. The van der Waals surface area contributed by atoms with Gasteiger partial charge >= 0.3 is 6.09 Å². The third-order valence-corrected chi connectivity index (χ3v) is 3.66. The van der Waals surface area contributed by atoms with Crippen LogP contribution >= 0.6 is 11.6 Å². The van der Waals surface area contributed by atoms with Gasteiger partial charge in [-0.3, -0.25) is 0 Å². The largest absolute Gasteiger partial charge is 0.493 e. The number of amides is 1. The van der Waals surface area contributed by atoms with Gasteiger partial charge in [0.1, 0.15) is 5.60 Å². The molecule has 1 fully saturated rings. The summed E-state index contributed by atoms with van der Waals surface area (Å²) in [5, 5.41) is 3.54. The molecule has 0 spiro atoms. The molecular formula is C16H22ClFN2O3. The van der Waals surface area contributed by atoms with E-state index in [1.807, 2.05) is 20.8 Å². The zero-order valence-electron chi connectivity index (χ0n) is 13.8. The molecular weight excluding hydrogens is 323 g/mol. The van der Waals surface area contributed by atoms with Crippen molar-refractivity contribution in [3.05, 3.63) is 28.5 Å². The second kappa shape index (κ2) is 6.93. The van der Waals surface area contributed by atoms with Crippen LogP contribution in [0.5, 0.6) is 5.75 Å². The summed E-state index contributed by atoms with van der Waals surface area (Å²) in [7, 11) is 1.41. The van der Waals surface area contributed by atoms with Crippen molar-refractivity contribution in [3.63, 3.8) is 0 Å². The highest BCUT2D eigenvalue weighted by atomic mass is 35.5. The van der Waals surface area contributed by atoms with Gasteiger partial charge in [0.25, 0.3) is 0 Å². The third-order valence-electron chi connectivity index (χ3n) is 3.44. The summed E-state index contributed by atoms with van der Waals surface area (Å²) in [5.74, 6) is -0.385. The molecule has 1 aliphatic heterocycles. The Morgan fingerprint density at radius 3 is 2.74 bits per heavy atom. The van der Waals surface area contributed by atoms with Gasteiger partial charge in [-0.15, -0.1) is 0 Å². The van der Waals surface area contributed by atoms with E-state index in [0.717, 1.165) is 0 Å². The predicted octanol–water partition coefficient (Wildman–Crippen LogP) is 3.37. The number of halogens is 2. The Bertz CT molecular complexity index is 589. The van der Waals surface area contributed by atoms with E-state index in [-0.39, 0.29) is 22.9 Å². The lowest BCUT2D eigenvalue weighted by molar-refractivity contribution is 0.0194. The molecule has 1 atom stereocenters. The van der Waals surface area contributed by atoms with Crippen LogP contribution in [0.3, 0.4) is 0 Å². The number of piperazine rings is 1. The van der Waals surface area contributed by atoms with Crippen LogP contribution in [0.15, 0.2) is 12.1 Å². The van der Waals surface area contributed by atoms with E-state index in [9.17, 15) is 9.18 Å². The Morgan fingerprint density at radius 2 is 2.13 bits per heavy atom. The highest BCUT2D eigenvalue weighted by molar-refractivity contribution is 6.30. The molecule has 1 aromatic carbocycles. The normalized spacial score (nSPS) is 18.7. The van der Waals surface area contributed by atoms with Gasteiger partial charge in [-0.25, -0.2) is 9.18 Å². The number of carbonyl (C=O) groups excluding carboxylic acids is 1. The van der Waals surface area contributed by atoms with Crippen molar-refractivity contribution < 1.29 is 18.7 Å². The summed E-state index contributed by atoms with van der Waals surface area (Å²) in [5.41, 5.74) is 0.0304. The lowest BCUT2D eigenvalue weighted by Gasteiger charge is -2.35. The Balaban J connectivity index is 2.20. The highest BCUT2D eigenvalue weighted by Gasteiger charge is 2.30. The monoisotopic (exact) mass is 344 g/mol. The smallest absolute Gasteiger partial charge is 0.410 e. The summed E-state index contributed by atoms with van der Waals surface area (Å²) >= 11 is 5.96. The molecule has 1 unspecified atom stereocenters. The van der Waals surface area contributed by atoms with E-state index in [2.05, 4.69) is 5.32 Å². The molecule has 1 saturated heterocycles. The topological polar surface area (TPSA) is 50.8 Å². The Kier molecular flexibility index (Phi) is 5.37. The van der Waals surface area contributed by atoms with Crippen molar-refractivity contribution in [2.45, 2.75) is 32.4 Å². The van der Waals surface area contributed by atoms with Gasteiger partial charge in [0, 0.05) is 30.2 Å². The van der Waals surface area contributed by atoms with E-state index >= 15 is 0 Å². The Hall–Kier alpha value is -1.53. The number of hydrogen-bond donors (Lipinski definition) is 1. The predicted molar refractivity (Wildman–Crippen MR) is 86.5 cm³/mol. The van der Waals surface area contributed by atoms with Crippen molar-refractivity contribution in [2.75, 3.05) is 26.7 Å². The number of benzene rings is 1. The molecule has 5 nitrogen and oxygen atoms in total. The summed E-state index contributed by atoms with van der Waals surface area (Å²) in [6, 6.07) is 2.58. The molecule has 1 heterocycles. The second-order valence-corrected chi connectivity index (χ2v) is 6.88. The average Bonchev–Trinajstić information content (AvgIpc) is 2.45. The summed E-state index contributed by atoms with van der Waals surface area (Å²) in [6.07, 6.45) is -0.384. The van der Waals surface area contributed by atoms with Crippen LogP contribution in [0.2, 0.25) is 5.02 Å². The van der Waals surface area contributed by atoms with Crippen molar-refractivity contribution in [1.82, 2.24) is 10.2 Å².